The molecule has 3 atom stereocenters. The van der Waals surface area contributed by atoms with Gasteiger partial charge < -0.3 is 20.8 Å². The Morgan fingerprint density at radius 3 is 2.56 bits per heavy atom. The molecule has 1 aliphatic carbocycles. The van der Waals surface area contributed by atoms with E-state index in [-0.39, 0.29) is 6.04 Å². The van der Waals surface area contributed by atoms with Crippen molar-refractivity contribution in [2.75, 3.05) is 17.2 Å². The maximum atomic E-state index is 10.5. The first-order valence-corrected chi connectivity index (χ1v) is 12.6. The summed E-state index contributed by atoms with van der Waals surface area (Å²) < 4.78 is 1.14. The fourth-order valence-corrected chi connectivity index (χ4v) is 5.61. The number of fused-ring (bicyclic) bond motifs is 1. The Morgan fingerprint density at radius 2 is 1.88 bits per heavy atom. The number of benzene rings is 1. The topological polar surface area (TPSA) is 90.3 Å². The Labute approximate surface area is 194 Å². The van der Waals surface area contributed by atoms with Crippen molar-refractivity contribution >= 4 is 33.2 Å². The largest absolute Gasteiger partial charge is 0.390 e. The molecule has 2 heterocycles. The van der Waals surface area contributed by atoms with Crippen molar-refractivity contribution in [3.05, 3.63) is 35.4 Å². The Balaban J connectivity index is 1.78. The van der Waals surface area contributed by atoms with Crippen LogP contribution in [0.3, 0.4) is 0 Å². The fourth-order valence-electron chi connectivity index (χ4n) is 4.54. The van der Waals surface area contributed by atoms with Crippen LogP contribution in [0.25, 0.3) is 20.8 Å². The second-order valence-corrected chi connectivity index (χ2v) is 9.68. The van der Waals surface area contributed by atoms with Crippen molar-refractivity contribution in [2.24, 2.45) is 0 Å². The Kier molecular flexibility index (Phi) is 7.28. The van der Waals surface area contributed by atoms with Crippen molar-refractivity contribution in [1.29, 1.82) is 0 Å². The van der Waals surface area contributed by atoms with Gasteiger partial charge in [0, 0.05) is 6.54 Å². The van der Waals surface area contributed by atoms with Crippen LogP contribution < -0.4 is 10.6 Å². The van der Waals surface area contributed by atoms with Crippen LogP contribution in [0.4, 0.5) is 11.6 Å². The van der Waals surface area contributed by atoms with Gasteiger partial charge in [-0.2, -0.15) is 0 Å². The predicted octanol–water partition coefficient (Wildman–Crippen LogP) is 5.13. The normalized spacial score (nSPS) is 20.7. The number of rotatable bonds is 9. The van der Waals surface area contributed by atoms with E-state index >= 15 is 0 Å². The molecule has 172 valence electrons. The highest BCUT2D eigenvalue weighted by Gasteiger charge is 2.34. The minimum absolute atomic E-state index is 0.231. The molecule has 3 aromatic rings. The van der Waals surface area contributed by atoms with Crippen LogP contribution in [-0.4, -0.2) is 45.0 Å². The molecule has 0 spiro atoms. The SMILES string of the molecule is CCCCCNc1nc(NC2CCC(O)C2O)c(-c2nc3ccccc3s2)c(C)c1CC. The zero-order chi connectivity index (χ0) is 22.7. The molecule has 1 aliphatic rings. The first kappa shape index (κ1) is 23.0. The summed E-state index contributed by atoms with van der Waals surface area (Å²) in [5.74, 6) is 1.64. The number of aromatic nitrogens is 2. The van der Waals surface area contributed by atoms with Crippen molar-refractivity contribution in [3.63, 3.8) is 0 Å². The molecule has 0 amide bonds. The molecule has 1 saturated carbocycles. The summed E-state index contributed by atoms with van der Waals surface area (Å²) in [6, 6.07) is 7.93. The zero-order valence-corrected chi connectivity index (χ0v) is 20.0. The van der Waals surface area contributed by atoms with Crippen molar-refractivity contribution in [1.82, 2.24) is 9.97 Å². The lowest BCUT2D eigenvalue weighted by Gasteiger charge is -2.23. The number of aliphatic hydroxyl groups excluding tert-OH is 2. The van der Waals surface area contributed by atoms with Crippen LogP contribution in [0.15, 0.2) is 24.3 Å². The zero-order valence-electron chi connectivity index (χ0n) is 19.2. The van der Waals surface area contributed by atoms with Gasteiger partial charge in [-0.05, 0) is 55.9 Å². The third kappa shape index (κ3) is 4.60. The fraction of sp³-hybridized carbons (Fsp3) is 0.520. The van der Waals surface area contributed by atoms with Gasteiger partial charge >= 0.3 is 0 Å². The summed E-state index contributed by atoms with van der Waals surface area (Å²) in [7, 11) is 0. The van der Waals surface area contributed by atoms with Gasteiger partial charge in [-0.1, -0.05) is 38.8 Å². The van der Waals surface area contributed by atoms with Crippen LogP contribution in [-0.2, 0) is 6.42 Å². The Hall–Kier alpha value is -2.22. The van der Waals surface area contributed by atoms with Gasteiger partial charge in [0.1, 0.15) is 16.6 Å². The molecule has 0 bridgehead atoms. The standard InChI is InChI=1S/C25H34N4O2S/c1-4-6-9-14-26-23-16(5-2)15(3)21(25-28-17-10-7-8-11-20(17)32-25)24(29-23)27-18-12-13-19(30)22(18)31/h7-8,10-11,18-19,22,30-31H,4-6,9,12-14H2,1-3H3,(H2,26,27,29). The molecule has 32 heavy (non-hydrogen) atoms. The van der Waals surface area contributed by atoms with Crippen LogP contribution >= 0.6 is 11.3 Å². The Morgan fingerprint density at radius 1 is 1.06 bits per heavy atom. The highest BCUT2D eigenvalue weighted by atomic mass is 32.1. The maximum Gasteiger partial charge on any atom is 0.139 e. The molecule has 2 aromatic heterocycles. The highest BCUT2D eigenvalue weighted by molar-refractivity contribution is 7.21. The average Bonchev–Trinajstić information content (AvgIpc) is 3.35. The molecule has 4 rings (SSSR count). The molecule has 0 radical (unpaired) electrons. The number of hydrogen-bond donors (Lipinski definition) is 4. The molecule has 0 aliphatic heterocycles. The molecular weight excluding hydrogens is 420 g/mol. The maximum absolute atomic E-state index is 10.5. The number of anilines is 2. The van der Waals surface area contributed by atoms with Gasteiger partial charge in [-0.15, -0.1) is 11.3 Å². The lowest BCUT2D eigenvalue weighted by atomic mass is 10.0. The first-order valence-electron chi connectivity index (χ1n) is 11.8. The van der Waals surface area contributed by atoms with E-state index in [1.807, 2.05) is 18.2 Å². The van der Waals surface area contributed by atoms with Gasteiger partial charge in [-0.25, -0.2) is 9.97 Å². The summed E-state index contributed by atoms with van der Waals surface area (Å²) in [5.41, 5.74) is 4.34. The van der Waals surface area contributed by atoms with E-state index in [2.05, 4.69) is 37.5 Å². The van der Waals surface area contributed by atoms with E-state index in [9.17, 15) is 10.2 Å². The summed E-state index contributed by atoms with van der Waals surface area (Å²) >= 11 is 1.66. The minimum atomic E-state index is -0.799. The number of para-hydroxylation sites is 1. The minimum Gasteiger partial charge on any atom is -0.390 e. The second kappa shape index (κ2) is 10.1. The number of thiazole rings is 1. The van der Waals surface area contributed by atoms with Crippen LogP contribution in [0, 0.1) is 6.92 Å². The molecule has 4 N–H and O–H groups in total. The summed E-state index contributed by atoms with van der Waals surface area (Å²) in [4.78, 5) is 9.93. The Bertz CT molecular complexity index is 1030. The quantitative estimate of drug-likeness (QED) is 0.335. The van der Waals surface area contributed by atoms with Gasteiger partial charge in [-0.3, -0.25) is 0 Å². The number of nitrogens with one attached hydrogen (secondary N) is 2. The second-order valence-electron chi connectivity index (χ2n) is 8.65. The van der Waals surface area contributed by atoms with E-state index in [1.165, 1.54) is 18.4 Å². The van der Waals surface area contributed by atoms with E-state index in [0.717, 1.165) is 57.4 Å². The van der Waals surface area contributed by atoms with E-state index in [0.29, 0.717) is 12.8 Å². The molecular formula is C25H34N4O2S. The van der Waals surface area contributed by atoms with Crippen LogP contribution in [0.1, 0.15) is 57.1 Å². The summed E-state index contributed by atoms with van der Waals surface area (Å²) in [6.45, 7) is 7.39. The van der Waals surface area contributed by atoms with Crippen molar-refractivity contribution in [2.45, 2.75) is 77.5 Å². The number of aliphatic hydroxyl groups is 2. The van der Waals surface area contributed by atoms with E-state index in [4.69, 9.17) is 9.97 Å². The van der Waals surface area contributed by atoms with Gasteiger partial charge in [0.05, 0.1) is 34.0 Å². The molecule has 1 aromatic carbocycles. The molecule has 0 saturated heterocycles. The van der Waals surface area contributed by atoms with Gasteiger partial charge in [0.15, 0.2) is 0 Å². The lowest BCUT2D eigenvalue weighted by molar-refractivity contribution is 0.0391. The molecule has 3 unspecified atom stereocenters. The molecule has 6 nitrogen and oxygen atoms in total. The first-order chi connectivity index (χ1) is 15.5. The number of hydrogen-bond acceptors (Lipinski definition) is 7. The smallest absolute Gasteiger partial charge is 0.139 e. The molecule has 1 fully saturated rings. The number of nitrogens with zero attached hydrogens (tertiary/aromatic N) is 2. The van der Waals surface area contributed by atoms with E-state index < -0.39 is 12.2 Å². The summed E-state index contributed by atoms with van der Waals surface area (Å²) in [6.07, 6.45) is 4.15. The van der Waals surface area contributed by atoms with Gasteiger partial charge in [0.2, 0.25) is 0 Å². The van der Waals surface area contributed by atoms with Crippen molar-refractivity contribution < 1.29 is 10.2 Å². The van der Waals surface area contributed by atoms with Crippen LogP contribution in [0.2, 0.25) is 0 Å². The highest BCUT2D eigenvalue weighted by Crippen LogP contribution is 2.40. The third-order valence-corrected chi connectivity index (χ3v) is 7.46. The summed E-state index contributed by atoms with van der Waals surface area (Å²) in [5, 5.41) is 28.5. The third-order valence-electron chi connectivity index (χ3n) is 6.41. The predicted molar refractivity (Wildman–Crippen MR) is 134 cm³/mol. The van der Waals surface area contributed by atoms with E-state index in [1.54, 1.807) is 11.3 Å². The molecule has 7 heteroatoms. The number of pyridine rings is 1. The van der Waals surface area contributed by atoms with Gasteiger partial charge in [0.25, 0.3) is 0 Å². The average molecular weight is 455 g/mol. The lowest BCUT2D eigenvalue weighted by Crippen LogP contribution is -2.34. The van der Waals surface area contributed by atoms with Crippen molar-refractivity contribution in [3.8, 4) is 10.6 Å². The van der Waals surface area contributed by atoms with Crippen LogP contribution in [0.5, 0.6) is 0 Å². The number of unbranched alkanes of at least 4 members (excludes halogenated alkanes) is 2. The monoisotopic (exact) mass is 454 g/mol.